The van der Waals surface area contributed by atoms with Gasteiger partial charge in [-0.3, -0.25) is 4.79 Å². The summed E-state index contributed by atoms with van der Waals surface area (Å²) in [6.45, 7) is 1.24. The summed E-state index contributed by atoms with van der Waals surface area (Å²) < 4.78 is 55.5. The molecular weight excluding hydrogens is 487 g/mol. The van der Waals surface area contributed by atoms with Gasteiger partial charge < -0.3 is 18.8 Å². The van der Waals surface area contributed by atoms with Crippen LogP contribution in [0.2, 0.25) is 5.02 Å². The van der Waals surface area contributed by atoms with Gasteiger partial charge in [-0.15, -0.1) is 0 Å². The van der Waals surface area contributed by atoms with E-state index in [-0.39, 0.29) is 34.9 Å². The van der Waals surface area contributed by atoms with Gasteiger partial charge in [0, 0.05) is 27.5 Å². The molecule has 0 N–H and O–H groups in total. The van der Waals surface area contributed by atoms with Crippen LogP contribution in [0.3, 0.4) is 0 Å². The van der Waals surface area contributed by atoms with Crippen molar-refractivity contribution in [3.05, 3.63) is 81.6 Å². The first-order chi connectivity index (χ1) is 16.5. The standard InChI is InChI=1S/C25H23ClF3NO5/c1-15-10-19(16(2)30(15)14-25(27,28)29)21(31)13-35-24(32)17-8-9-22(23(11-17)33-3)34-12-18-6-4-5-7-20(18)26/h4-11H,12-14H2,1-3H3. The molecule has 0 bridgehead atoms. The zero-order valence-corrected chi connectivity index (χ0v) is 20.0. The van der Waals surface area contributed by atoms with Crippen LogP contribution < -0.4 is 9.47 Å². The van der Waals surface area contributed by atoms with Crippen LogP contribution in [0.4, 0.5) is 13.2 Å². The largest absolute Gasteiger partial charge is 0.493 e. The number of hydrogen-bond acceptors (Lipinski definition) is 5. The number of aromatic nitrogens is 1. The minimum atomic E-state index is -4.43. The number of rotatable bonds is 9. The van der Waals surface area contributed by atoms with E-state index in [0.717, 1.165) is 10.1 Å². The highest BCUT2D eigenvalue weighted by molar-refractivity contribution is 6.31. The minimum absolute atomic E-state index is 0.0699. The number of ether oxygens (including phenoxy) is 3. The summed E-state index contributed by atoms with van der Waals surface area (Å²) in [5.74, 6) is -0.754. The highest BCUT2D eigenvalue weighted by Crippen LogP contribution is 2.30. The van der Waals surface area contributed by atoms with Crippen LogP contribution in [-0.2, 0) is 17.9 Å². The van der Waals surface area contributed by atoms with Crippen LogP contribution in [0.5, 0.6) is 11.5 Å². The number of ketones is 1. The molecular formula is C25H23ClF3NO5. The molecule has 35 heavy (non-hydrogen) atoms. The molecule has 3 aromatic rings. The topological polar surface area (TPSA) is 66.8 Å². The van der Waals surface area contributed by atoms with E-state index < -0.39 is 31.1 Å². The molecule has 2 aromatic carbocycles. The number of alkyl halides is 3. The molecule has 1 heterocycles. The van der Waals surface area contributed by atoms with Crippen molar-refractivity contribution in [2.75, 3.05) is 13.7 Å². The first kappa shape index (κ1) is 26.2. The molecule has 0 saturated heterocycles. The van der Waals surface area contributed by atoms with Gasteiger partial charge in [-0.05, 0) is 44.2 Å². The van der Waals surface area contributed by atoms with Crippen molar-refractivity contribution in [1.29, 1.82) is 0 Å². The van der Waals surface area contributed by atoms with Gasteiger partial charge in [0.05, 0.1) is 12.7 Å². The van der Waals surface area contributed by atoms with E-state index >= 15 is 0 Å². The lowest BCUT2D eigenvalue weighted by molar-refractivity contribution is -0.141. The molecule has 0 aliphatic carbocycles. The van der Waals surface area contributed by atoms with Crippen molar-refractivity contribution in [3.63, 3.8) is 0 Å². The van der Waals surface area contributed by atoms with E-state index in [2.05, 4.69) is 0 Å². The van der Waals surface area contributed by atoms with E-state index in [1.807, 2.05) is 12.1 Å². The molecule has 0 spiro atoms. The Morgan fingerprint density at radius 2 is 1.74 bits per heavy atom. The Labute approximate surface area is 205 Å². The van der Waals surface area contributed by atoms with Crippen molar-refractivity contribution in [2.24, 2.45) is 0 Å². The normalized spacial score (nSPS) is 11.3. The van der Waals surface area contributed by atoms with Crippen LogP contribution in [-0.4, -0.2) is 36.2 Å². The number of methoxy groups -OCH3 is 1. The van der Waals surface area contributed by atoms with Crippen molar-refractivity contribution in [2.45, 2.75) is 33.2 Å². The van der Waals surface area contributed by atoms with Crippen molar-refractivity contribution in [1.82, 2.24) is 4.57 Å². The highest BCUT2D eigenvalue weighted by atomic mass is 35.5. The van der Waals surface area contributed by atoms with E-state index in [0.29, 0.717) is 10.8 Å². The molecule has 1 aromatic heterocycles. The van der Waals surface area contributed by atoms with E-state index in [4.69, 9.17) is 25.8 Å². The SMILES string of the molecule is COc1cc(C(=O)OCC(=O)c2cc(C)n(CC(F)(F)F)c2C)ccc1OCc1ccccc1Cl. The van der Waals surface area contributed by atoms with Crippen molar-refractivity contribution in [3.8, 4) is 11.5 Å². The Bertz CT molecular complexity index is 1240. The number of esters is 1. The van der Waals surface area contributed by atoms with Crippen LogP contribution >= 0.6 is 11.6 Å². The van der Waals surface area contributed by atoms with Gasteiger partial charge in [-0.2, -0.15) is 13.2 Å². The summed E-state index contributed by atoms with van der Waals surface area (Å²) in [5.41, 5.74) is 1.39. The van der Waals surface area contributed by atoms with Crippen molar-refractivity contribution >= 4 is 23.4 Å². The van der Waals surface area contributed by atoms with Gasteiger partial charge in [-0.25, -0.2) is 4.79 Å². The van der Waals surface area contributed by atoms with Crippen LogP contribution in [0.25, 0.3) is 0 Å². The number of Topliss-reactive ketones (excluding diaryl/α,β-unsaturated/α-hetero) is 1. The van der Waals surface area contributed by atoms with Gasteiger partial charge in [0.2, 0.25) is 5.78 Å². The van der Waals surface area contributed by atoms with E-state index in [1.165, 1.54) is 45.2 Å². The van der Waals surface area contributed by atoms with Crippen molar-refractivity contribution < 1.29 is 37.0 Å². The molecule has 6 nitrogen and oxygen atoms in total. The lowest BCUT2D eigenvalue weighted by Crippen LogP contribution is -2.20. The lowest BCUT2D eigenvalue weighted by Gasteiger charge is -2.13. The Kier molecular flexibility index (Phi) is 8.11. The van der Waals surface area contributed by atoms with E-state index in [1.54, 1.807) is 12.1 Å². The fraction of sp³-hybridized carbons (Fsp3) is 0.280. The first-order valence-corrected chi connectivity index (χ1v) is 10.9. The maximum atomic E-state index is 12.8. The smallest absolute Gasteiger partial charge is 0.406 e. The Morgan fingerprint density at radius 3 is 2.40 bits per heavy atom. The summed E-state index contributed by atoms with van der Waals surface area (Å²) >= 11 is 6.13. The monoisotopic (exact) mass is 509 g/mol. The summed E-state index contributed by atoms with van der Waals surface area (Å²) in [7, 11) is 1.41. The molecule has 0 aliphatic rings. The first-order valence-electron chi connectivity index (χ1n) is 10.5. The quantitative estimate of drug-likeness (QED) is 0.263. The Morgan fingerprint density at radius 1 is 1.03 bits per heavy atom. The number of nitrogens with zero attached hydrogens (tertiary/aromatic N) is 1. The second-order valence-electron chi connectivity index (χ2n) is 7.73. The van der Waals surface area contributed by atoms with Gasteiger partial charge in [0.25, 0.3) is 0 Å². The third kappa shape index (κ3) is 6.57. The van der Waals surface area contributed by atoms with Crippen LogP contribution in [0, 0.1) is 13.8 Å². The minimum Gasteiger partial charge on any atom is -0.493 e. The zero-order chi connectivity index (χ0) is 25.8. The molecule has 0 radical (unpaired) electrons. The highest BCUT2D eigenvalue weighted by Gasteiger charge is 2.30. The average Bonchev–Trinajstić information content (AvgIpc) is 3.09. The number of carbonyl (C=O) groups is 2. The molecule has 186 valence electrons. The fourth-order valence-corrected chi connectivity index (χ4v) is 3.67. The van der Waals surface area contributed by atoms with Gasteiger partial charge in [-0.1, -0.05) is 29.8 Å². The summed E-state index contributed by atoms with van der Waals surface area (Å²) in [6, 6.07) is 12.9. The molecule has 0 amide bonds. The van der Waals surface area contributed by atoms with Gasteiger partial charge in [0.15, 0.2) is 18.1 Å². The number of halogens is 4. The maximum Gasteiger partial charge on any atom is 0.406 e. The molecule has 0 atom stereocenters. The molecule has 0 fully saturated rings. The van der Waals surface area contributed by atoms with Crippen LogP contribution in [0.1, 0.15) is 37.7 Å². The molecule has 0 unspecified atom stereocenters. The lowest BCUT2D eigenvalue weighted by atomic mass is 10.1. The second kappa shape index (κ2) is 10.9. The number of benzene rings is 2. The molecule has 10 heteroatoms. The Hall–Kier alpha value is -3.46. The fourth-order valence-electron chi connectivity index (χ4n) is 3.48. The third-order valence-corrected chi connectivity index (χ3v) is 5.65. The third-order valence-electron chi connectivity index (χ3n) is 5.29. The number of aryl methyl sites for hydroxylation is 1. The molecule has 0 aliphatic heterocycles. The van der Waals surface area contributed by atoms with Crippen LogP contribution in [0.15, 0.2) is 48.5 Å². The number of carbonyl (C=O) groups excluding carboxylic acids is 2. The predicted molar refractivity (Wildman–Crippen MR) is 123 cm³/mol. The second-order valence-corrected chi connectivity index (χ2v) is 8.14. The predicted octanol–water partition coefficient (Wildman–Crippen LogP) is 5.95. The van der Waals surface area contributed by atoms with Gasteiger partial charge >= 0.3 is 12.1 Å². The molecule has 0 saturated carbocycles. The Balaban J connectivity index is 1.65. The van der Waals surface area contributed by atoms with E-state index in [9.17, 15) is 22.8 Å². The molecule has 3 rings (SSSR count). The summed E-state index contributed by atoms with van der Waals surface area (Å²) in [5, 5.41) is 0.551. The summed E-state index contributed by atoms with van der Waals surface area (Å²) in [4.78, 5) is 25.0. The average molecular weight is 510 g/mol. The zero-order valence-electron chi connectivity index (χ0n) is 19.2. The maximum absolute atomic E-state index is 12.8. The number of hydrogen-bond donors (Lipinski definition) is 0. The summed E-state index contributed by atoms with van der Waals surface area (Å²) in [6.07, 6.45) is -4.43. The van der Waals surface area contributed by atoms with Gasteiger partial charge in [0.1, 0.15) is 13.2 Å².